The van der Waals surface area contributed by atoms with E-state index in [2.05, 4.69) is 5.32 Å². The van der Waals surface area contributed by atoms with Crippen LogP contribution >= 0.6 is 0 Å². The van der Waals surface area contributed by atoms with Crippen molar-refractivity contribution in [1.29, 1.82) is 0 Å². The number of anilines is 1. The van der Waals surface area contributed by atoms with Gasteiger partial charge in [-0.2, -0.15) is 0 Å². The number of benzene rings is 2. The van der Waals surface area contributed by atoms with Crippen molar-refractivity contribution in [2.24, 2.45) is 0 Å². The molecule has 1 aliphatic heterocycles. The topological polar surface area (TPSA) is 75.7 Å². The molecular weight excluding hydrogens is 407 g/mol. The van der Waals surface area contributed by atoms with Crippen molar-refractivity contribution in [3.05, 3.63) is 66.0 Å². The molecule has 0 aromatic heterocycles. The monoisotopic (exact) mass is 434 g/mol. The van der Waals surface area contributed by atoms with Crippen molar-refractivity contribution in [3.63, 3.8) is 0 Å². The van der Waals surface area contributed by atoms with Crippen LogP contribution in [0.1, 0.15) is 25.3 Å². The number of carbonyl (C=O) groups excluding carboxylic acids is 1. The number of amides is 1. The van der Waals surface area contributed by atoms with Crippen LogP contribution in [0.5, 0.6) is 0 Å². The molecule has 2 aromatic rings. The Morgan fingerprint density at radius 3 is 2.30 bits per heavy atom. The highest BCUT2D eigenvalue weighted by Gasteiger charge is 2.36. The summed E-state index contributed by atoms with van der Waals surface area (Å²) >= 11 is 0. The summed E-state index contributed by atoms with van der Waals surface area (Å²) in [5, 5.41) is 2.95. The maximum atomic E-state index is 13.3. The van der Waals surface area contributed by atoms with E-state index >= 15 is 0 Å². The normalized spacial score (nSPS) is 17.2. The van der Waals surface area contributed by atoms with E-state index in [1.165, 1.54) is 31.2 Å². The van der Waals surface area contributed by atoms with Gasteiger partial charge in [0.15, 0.2) is 0 Å². The van der Waals surface area contributed by atoms with E-state index in [0.717, 1.165) is 29.0 Å². The summed E-state index contributed by atoms with van der Waals surface area (Å²) in [6.07, 6.45) is 2.56. The van der Waals surface area contributed by atoms with Crippen LogP contribution in [0.3, 0.4) is 0 Å². The third-order valence-corrected chi connectivity index (χ3v) is 6.85. The fourth-order valence-electron chi connectivity index (χ4n) is 3.92. The molecule has 0 saturated carbocycles. The van der Waals surface area contributed by atoms with E-state index in [-0.39, 0.29) is 11.1 Å². The number of nitrogens with zero attached hydrogens (tertiary/aromatic N) is 1. The van der Waals surface area contributed by atoms with Crippen molar-refractivity contribution in [1.82, 2.24) is 5.32 Å². The van der Waals surface area contributed by atoms with Crippen LogP contribution in [-0.2, 0) is 25.0 Å². The largest absolute Gasteiger partial charge is 0.381 e. The molecule has 0 radical (unpaired) electrons. The summed E-state index contributed by atoms with van der Waals surface area (Å²) in [5.41, 5.74) is 1.10. The lowest BCUT2D eigenvalue weighted by Gasteiger charge is -2.38. The van der Waals surface area contributed by atoms with Crippen molar-refractivity contribution in [3.8, 4) is 0 Å². The van der Waals surface area contributed by atoms with Crippen LogP contribution in [0.25, 0.3) is 0 Å². The average molecular weight is 435 g/mol. The minimum Gasteiger partial charge on any atom is -0.381 e. The molecule has 0 spiro atoms. The third-order valence-electron chi connectivity index (χ3n) is 5.61. The van der Waals surface area contributed by atoms with Gasteiger partial charge in [0.2, 0.25) is 15.9 Å². The number of rotatable bonds is 7. The molecule has 8 heteroatoms. The lowest BCUT2D eigenvalue weighted by Crippen LogP contribution is -2.51. The molecule has 1 atom stereocenters. The fourth-order valence-corrected chi connectivity index (χ4v) is 5.10. The van der Waals surface area contributed by atoms with Crippen molar-refractivity contribution >= 4 is 21.6 Å². The zero-order chi connectivity index (χ0) is 21.8. The predicted molar refractivity (Wildman–Crippen MR) is 114 cm³/mol. The number of halogens is 1. The van der Waals surface area contributed by atoms with Crippen LogP contribution in [-0.4, -0.2) is 46.4 Å². The minimum absolute atomic E-state index is 0.241. The van der Waals surface area contributed by atoms with E-state index < -0.39 is 27.8 Å². The van der Waals surface area contributed by atoms with Gasteiger partial charge in [-0.3, -0.25) is 9.10 Å². The second-order valence-electron chi connectivity index (χ2n) is 7.69. The molecule has 0 bridgehead atoms. The van der Waals surface area contributed by atoms with E-state index in [0.29, 0.717) is 19.8 Å². The van der Waals surface area contributed by atoms with Gasteiger partial charge < -0.3 is 10.1 Å². The number of hydrogen-bond donors (Lipinski definition) is 1. The molecule has 1 amide bonds. The fraction of sp³-hybridized carbons (Fsp3) is 0.409. The molecule has 1 N–H and O–H groups in total. The Hall–Kier alpha value is -2.45. The van der Waals surface area contributed by atoms with Gasteiger partial charge in [0, 0.05) is 25.2 Å². The maximum absolute atomic E-state index is 13.3. The summed E-state index contributed by atoms with van der Waals surface area (Å²) in [6.45, 7) is 3.11. The summed E-state index contributed by atoms with van der Waals surface area (Å²) in [7, 11) is -3.76. The Morgan fingerprint density at radius 1 is 1.13 bits per heavy atom. The number of carbonyl (C=O) groups is 1. The zero-order valence-corrected chi connectivity index (χ0v) is 18.0. The van der Waals surface area contributed by atoms with Gasteiger partial charge in [-0.25, -0.2) is 12.8 Å². The molecule has 1 heterocycles. The molecule has 2 aromatic carbocycles. The van der Waals surface area contributed by atoms with Crippen LogP contribution in [0.15, 0.2) is 54.6 Å². The quantitative estimate of drug-likeness (QED) is 0.727. The third kappa shape index (κ3) is 4.99. The first-order valence-electron chi connectivity index (χ1n) is 9.89. The predicted octanol–water partition coefficient (Wildman–Crippen LogP) is 2.84. The molecule has 1 fully saturated rings. The van der Waals surface area contributed by atoms with Crippen molar-refractivity contribution in [2.75, 3.05) is 30.3 Å². The van der Waals surface area contributed by atoms with E-state index in [1.54, 1.807) is 0 Å². The molecule has 1 saturated heterocycles. The van der Waals surface area contributed by atoms with Gasteiger partial charge in [0.1, 0.15) is 11.9 Å². The standard InChI is InChI=1S/C22H27FN2O4S/c1-17(25(30(2,27)28)20-10-8-19(23)9-11-20)21(26)24-16-22(12-14-29-15-13-22)18-6-4-3-5-7-18/h3-11,17H,12-16H2,1-2H3,(H,24,26)/t17-/m0/s1. The smallest absolute Gasteiger partial charge is 0.243 e. The van der Waals surface area contributed by atoms with E-state index in [1.807, 2.05) is 30.3 Å². The molecule has 162 valence electrons. The number of hydrogen-bond acceptors (Lipinski definition) is 4. The number of ether oxygens (including phenoxy) is 1. The van der Waals surface area contributed by atoms with Crippen LogP contribution < -0.4 is 9.62 Å². The highest BCUT2D eigenvalue weighted by molar-refractivity contribution is 7.92. The van der Waals surface area contributed by atoms with Crippen LogP contribution in [0.4, 0.5) is 10.1 Å². The lowest BCUT2D eigenvalue weighted by atomic mass is 9.74. The maximum Gasteiger partial charge on any atom is 0.243 e. The minimum atomic E-state index is -3.76. The Kier molecular flexibility index (Phi) is 6.77. The summed E-state index contributed by atoms with van der Waals surface area (Å²) in [6, 6.07) is 14.0. The Balaban J connectivity index is 1.79. The second kappa shape index (κ2) is 9.14. The average Bonchev–Trinajstić information content (AvgIpc) is 2.74. The summed E-state index contributed by atoms with van der Waals surface area (Å²) in [4.78, 5) is 13.0. The molecule has 0 aliphatic carbocycles. The van der Waals surface area contributed by atoms with Gasteiger partial charge in [0.05, 0.1) is 11.9 Å². The molecular formula is C22H27FN2O4S. The van der Waals surface area contributed by atoms with Gasteiger partial charge in [-0.05, 0) is 49.6 Å². The van der Waals surface area contributed by atoms with Gasteiger partial charge >= 0.3 is 0 Å². The second-order valence-corrected chi connectivity index (χ2v) is 9.55. The highest BCUT2D eigenvalue weighted by atomic mass is 32.2. The van der Waals surface area contributed by atoms with Gasteiger partial charge in [-0.15, -0.1) is 0 Å². The summed E-state index contributed by atoms with van der Waals surface area (Å²) < 4.78 is 44.6. The van der Waals surface area contributed by atoms with Crippen molar-refractivity contribution < 1.29 is 22.3 Å². The van der Waals surface area contributed by atoms with Gasteiger partial charge in [0.25, 0.3) is 0 Å². The molecule has 6 nitrogen and oxygen atoms in total. The van der Waals surface area contributed by atoms with Crippen LogP contribution in [0, 0.1) is 5.82 Å². The first kappa shape index (κ1) is 22.2. The lowest BCUT2D eigenvalue weighted by molar-refractivity contribution is -0.122. The molecule has 0 unspecified atom stereocenters. The first-order valence-corrected chi connectivity index (χ1v) is 11.7. The van der Waals surface area contributed by atoms with Crippen LogP contribution in [0.2, 0.25) is 0 Å². The highest BCUT2D eigenvalue weighted by Crippen LogP contribution is 2.34. The first-order chi connectivity index (χ1) is 14.2. The Bertz CT molecular complexity index is 958. The van der Waals surface area contributed by atoms with E-state index in [9.17, 15) is 17.6 Å². The Morgan fingerprint density at radius 2 is 1.73 bits per heavy atom. The van der Waals surface area contributed by atoms with Gasteiger partial charge in [-0.1, -0.05) is 30.3 Å². The SMILES string of the molecule is C[C@@H](C(=O)NCC1(c2ccccc2)CCOCC1)N(c1ccc(F)cc1)S(C)(=O)=O. The molecule has 1 aliphatic rings. The summed E-state index contributed by atoms with van der Waals surface area (Å²) in [5.74, 6) is -0.889. The number of sulfonamides is 1. The zero-order valence-electron chi connectivity index (χ0n) is 17.2. The number of nitrogens with one attached hydrogen (secondary N) is 1. The molecule has 30 heavy (non-hydrogen) atoms. The van der Waals surface area contributed by atoms with Crippen molar-refractivity contribution in [2.45, 2.75) is 31.2 Å². The Labute approximate surface area is 177 Å². The van der Waals surface area contributed by atoms with E-state index in [4.69, 9.17) is 4.74 Å². The molecule has 3 rings (SSSR count).